The van der Waals surface area contributed by atoms with Crippen LogP contribution in [0.15, 0.2) is 37.0 Å². The standard InChI is InChI=1S/C11H7Br3FNS/c12-6-3-5(1-2-8(6)15)10(16)9-4-7(13)11(14)17-9/h1-4,10H,16H2. The molecule has 0 fully saturated rings. The monoisotopic (exact) mass is 441 g/mol. The molecule has 0 saturated carbocycles. The normalized spacial score (nSPS) is 12.8. The van der Waals surface area contributed by atoms with Gasteiger partial charge in [0.1, 0.15) is 5.82 Å². The van der Waals surface area contributed by atoms with Gasteiger partial charge in [0.15, 0.2) is 0 Å². The summed E-state index contributed by atoms with van der Waals surface area (Å²) in [5.41, 5.74) is 7.02. The first-order valence-electron chi connectivity index (χ1n) is 4.64. The van der Waals surface area contributed by atoms with Crippen LogP contribution in [0.1, 0.15) is 16.5 Å². The Hall–Kier alpha value is 0.250. The van der Waals surface area contributed by atoms with Crippen LogP contribution in [0.4, 0.5) is 4.39 Å². The van der Waals surface area contributed by atoms with Crippen LogP contribution in [0.5, 0.6) is 0 Å². The molecule has 2 rings (SSSR count). The second kappa shape index (κ2) is 5.48. The Morgan fingerprint density at radius 3 is 2.35 bits per heavy atom. The summed E-state index contributed by atoms with van der Waals surface area (Å²) in [5, 5.41) is 0. The average molecular weight is 444 g/mol. The minimum atomic E-state index is -0.283. The lowest BCUT2D eigenvalue weighted by atomic mass is 10.1. The van der Waals surface area contributed by atoms with Crippen LogP contribution in [0, 0.1) is 5.82 Å². The number of benzene rings is 1. The molecule has 0 bridgehead atoms. The Labute approximate surface area is 128 Å². The Balaban J connectivity index is 2.36. The fraction of sp³-hybridized carbons (Fsp3) is 0.0909. The molecule has 0 spiro atoms. The molecule has 1 heterocycles. The first-order chi connectivity index (χ1) is 7.99. The minimum absolute atomic E-state index is 0.250. The molecule has 90 valence electrons. The summed E-state index contributed by atoms with van der Waals surface area (Å²) in [5.74, 6) is -0.283. The van der Waals surface area contributed by atoms with Gasteiger partial charge in [-0.3, -0.25) is 0 Å². The van der Waals surface area contributed by atoms with Crippen LogP contribution in [0.25, 0.3) is 0 Å². The fourth-order valence-electron chi connectivity index (χ4n) is 1.39. The van der Waals surface area contributed by atoms with Crippen molar-refractivity contribution in [3.8, 4) is 0 Å². The molecule has 0 saturated heterocycles. The van der Waals surface area contributed by atoms with Crippen molar-refractivity contribution in [2.45, 2.75) is 6.04 Å². The van der Waals surface area contributed by atoms with E-state index in [4.69, 9.17) is 5.73 Å². The Bertz CT molecular complexity index is 536. The highest BCUT2D eigenvalue weighted by atomic mass is 79.9. The summed E-state index contributed by atoms with van der Waals surface area (Å²) >= 11 is 11.6. The van der Waals surface area contributed by atoms with E-state index in [2.05, 4.69) is 47.8 Å². The lowest BCUT2D eigenvalue weighted by Gasteiger charge is -2.10. The molecule has 1 nitrogen and oxygen atoms in total. The summed E-state index contributed by atoms with van der Waals surface area (Å²) < 4.78 is 15.5. The molecule has 0 aliphatic rings. The van der Waals surface area contributed by atoms with Crippen molar-refractivity contribution in [1.82, 2.24) is 0 Å². The highest BCUT2D eigenvalue weighted by Gasteiger charge is 2.14. The molecule has 1 aromatic heterocycles. The summed E-state index contributed by atoms with van der Waals surface area (Å²) in [6.45, 7) is 0. The highest BCUT2D eigenvalue weighted by Crippen LogP contribution is 2.37. The van der Waals surface area contributed by atoms with Crippen molar-refractivity contribution in [2.75, 3.05) is 0 Å². The maximum atomic E-state index is 13.1. The smallest absolute Gasteiger partial charge is 0.137 e. The van der Waals surface area contributed by atoms with Gasteiger partial charge in [-0.05, 0) is 71.6 Å². The summed E-state index contributed by atoms with van der Waals surface area (Å²) in [4.78, 5) is 1.02. The SMILES string of the molecule is NC(c1ccc(F)c(Br)c1)c1cc(Br)c(Br)s1. The third-order valence-corrected chi connectivity index (χ3v) is 6.22. The van der Waals surface area contributed by atoms with E-state index >= 15 is 0 Å². The number of hydrogen-bond donors (Lipinski definition) is 1. The molecular weight excluding hydrogens is 437 g/mol. The van der Waals surface area contributed by atoms with E-state index < -0.39 is 0 Å². The fourth-order valence-corrected chi connectivity index (χ4v) is 3.90. The second-order valence-electron chi connectivity index (χ2n) is 3.42. The van der Waals surface area contributed by atoms with E-state index in [-0.39, 0.29) is 11.9 Å². The predicted octanol–water partition coefficient (Wildman–Crippen LogP) is 5.22. The molecule has 2 aromatic rings. The second-order valence-corrected chi connectivity index (χ2v) is 7.53. The molecule has 0 radical (unpaired) electrons. The zero-order valence-electron chi connectivity index (χ0n) is 8.38. The van der Waals surface area contributed by atoms with E-state index in [0.29, 0.717) is 4.47 Å². The molecule has 0 amide bonds. The molecule has 0 aliphatic carbocycles. The van der Waals surface area contributed by atoms with Crippen molar-refractivity contribution in [1.29, 1.82) is 0 Å². The topological polar surface area (TPSA) is 26.0 Å². The number of halogens is 4. The van der Waals surface area contributed by atoms with Gasteiger partial charge in [-0.1, -0.05) is 6.07 Å². The van der Waals surface area contributed by atoms with Crippen molar-refractivity contribution < 1.29 is 4.39 Å². The Kier molecular flexibility index (Phi) is 4.41. The number of thiophene rings is 1. The van der Waals surface area contributed by atoms with Crippen LogP contribution in [-0.2, 0) is 0 Å². The van der Waals surface area contributed by atoms with Gasteiger partial charge in [0, 0.05) is 9.35 Å². The lowest BCUT2D eigenvalue weighted by Crippen LogP contribution is -2.10. The van der Waals surface area contributed by atoms with Gasteiger partial charge in [-0.2, -0.15) is 0 Å². The largest absolute Gasteiger partial charge is 0.320 e. The molecule has 1 aromatic carbocycles. The van der Waals surface area contributed by atoms with Crippen LogP contribution in [0.2, 0.25) is 0 Å². The maximum Gasteiger partial charge on any atom is 0.137 e. The average Bonchev–Trinajstić information content (AvgIpc) is 2.62. The third-order valence-electron chi connectivity index (χ3n) is 2.27. The van der Waals surface area contributed by atoms with Crippen LogP contribution in [0.3, 0.4) is 0 Å². The lowest BCUT2D eigenvalue weighted by molar-refractivity contribution is 0.619. The first-order valence-corrected chi connectivity index (χ1v) is 7.84. The van der Waals surface area contributed by atoms with E-state index in [9.17, 15) is 4.39 Å². The van der Waals surface area contributed by atoms with Crippen LogP contribution >= 0.6 is 59.1 Å². The molecule has 2 N–H and O–H groups in total. The Morgan fingerprint density at radius 1 is 1.12 bits per heavy atom. The summed E-state index contributed by atoms with van der Waals surface area (Å²) in [6.07, 6.45) is 0. The van der Waals surface area contributed by atoms with E-state index in [1.165, 1.54) is 6.07 Å². The van der Waals surface area contributed by atoms with Gasteiger partial charge in [-0.25, -0.2) is 4.39 Å². The van der Waals surface area contributed by atoms with Gasteiger partial charge in [-0.15, -0.1) is 11.3 Å². The van der Waals surface area contributed by atoms with Gasteiger partial charge < -0.3 is 5.73 Å². The molecular formula is C11H7Br3FNS. The Morgan fingerprint density at radius 2 is 1.82 bits per heavy atom. The van der Waals surface area contributed by atoms with E-state index in [1.807, 2.05) is 6.07 Å². The molecule has 17 heavy (non-hydrogen) atoms. The van der Waals surface area contributed by atoms with E-state index in [0.717, 1.165) is 18.7 Å². The van der Waals surface area contributed by atoms with Gasteiger partial charge in [0.25, 0.3) is 0 Å². The number of nitrogens with two attached hydrogens (primary N) is 1. The molecule has 1 atom stereocenters. The first kappa shape index (κ1) is 13.7. The van der Waals surface area contributed by atoms with Crippen molar-refractivity contribution >= 4 is 59.1 Å². The number of rotatable bonds is 2. The zero-order chi connectivity index (χ0) is 12.6. The molecule has 6 heteroatoms. The van der Waals surface area contributed by atoms with Crippen molar-refractivity contribution in [2.24, 2.45) is 5.73 Å². The minimum Gasteiger partial charge on any atom is -0.320 e. The zero-order valence-corrected chi connectivity index (χ0v) is 14.0. The molecule has 1 unspecified atom stereocenters. The predicted molar refractivity (Wildman–Crippen MR) is 79.8 cm³/mol. The van der Waals surface area contributed by atoms with Crippen LogP contribution < -0.4 is 5.73 Å². The van der Waals surface area contributed by atoms with Gasteiger partial charge in [0.05, 0.1) is 14.3 Å². The van der Waals surface area contributed by atoms with E-state index in [1.54, 1.807) is 23.5 Å². The van der Waals surface area contributed by atoms with Crippen molar-refractivity contribution in [3.63, 3.8) is 0 Å². The molecule has 0 aliphatic heterocycles. The van der Waals surface area contributed by atoms with Crippen molar-refractivity contribution in [3.05, 3.63) is 53.3 Å². The van der Waals surface area contributed by atoms with Gasteiger partial charge >= 0.3 is 0 Å². The summed E-state index contributed by atoms with van der Waals surface area (Å²) in [7, 11) is 0. The number of hydrogen-bond acceptors (Lipinski definition) is 2. The maximum absolute atomic E-state index is 13.1. The van der Waals surface area contributed by atoms with Crippen LogP contribution in [-0.4, -0.2) is 0 Å². The highest BCUT2D eigenvalue weighted by molar-refractivity contribution is 9.13. The quantitative estimate of drug-likeness (QED) is 0.676. The van der Waals surface area contributed by atoms with Gasteiger partial charge in [0.2, 0.25) is 0 Å². The third kappa shape index (κ3) is 2.98. The summed E-state index contributed by atoms with van der Waals surface area (Å²) in [6, 6.07) is 6.54.